The Balaban J connectivity index is 1.24. The summed E-state index contributed by atoms with van der Waals surface area (Å²) < 4.78 is 1.23. The molecule has 1 aromatic carbocycles. The van der Waals surface area contributed by atoms with E-state index in [1.807, 2.05) is 12.4 Å². The molecule has 0 aliphatic carbocycles. The highest BCUT2D eigenvalue weighted by Gasteiger charge is 2.45. The van der Waals surface area contributed by atoms with Crippen LogP contribution in [-0.4, -0.2) is 51.1 Å². The molecule has 144 valence electrons. The molecule has 5 rings (SSSR count). The van der Waals surface area contributed by atoms with Crippen LogP contribution in [0.4, 0.5) is 10.7 Å². The lowest BCUT2D eigenvalue weighted by Gasteiger charge is -2.38. The van der Waals surface area contributed by atoms with E-state index < -0.39 is 0 Å². The SMILES string of the molecule is Cc1cnc(N2CC3(CCN(Cc4ccc5scnc5c4)CC3)NC2=O)nc1. The Kier molecular flexibility index (Phi) is 4.25. The van der Waals surface area contributed by atoms with Gasteiger partial charge in [-0.3, -0.25) is 9.80 Å². The molecular formula is C20H22N6OS. The van der Waals surface area contributed by atoms with Crippen molar-refractivity contribution in [1.29, 1.82) is 0 Å². The normalized spacial score (nSPS) is 19.5. The highest BCUT2D eigenvalue weighted by Crippen LogP contribution is 2.30. The number of carbonyl (C=O) groups is 1. The summed E-state index contributed by atoms with van der Waals surface area (Å²) in [6.45, 7) is 5.41. The first kappa shape index (κ1) is 17.5. The van der Waals surface area contributed by atoms with Crippen LogP contribution in [0.15, 0.2) is 36.1 Å². The summed E-state index contributed by atoms with van der Waals surface area (Å²) in [6.07, 6.45) is 5.37. The average molecular weight is 395 g/mol. The molecule has 0 bridgehead atoms. The van der Waals surface area contributed by atoms with E-state index in [4.69, 9.17) is 0 Å². The van der Waals surface area contributed by atoms with E-state index in [0.717, 1.165) is 43.6 Å². The van der Waals surface area contributed by atoms with Crippen LogP contribution in [-0.2, 0) is 6.54 Å². The molecule has 8 heteroatoms. The largest absolute Gasteiger partial charge is 0.330 e. The molecule has 2 aliphatic rings. The summed E-state index contributed by atoms with van der Waals surface area (Å²) in [5.41, 5.74) is 5.07. The molecule has 0 unspecified atom stereocenters. The van der Waals surface area contributed by atoms with Crippen molar-refractivity contribution in [3.63, 3.8) is 0 Å². The molecule has 2 aliphatic heterocycles. The highest BCUT2D eigenvalue weighted by atomic mass is 32.1. The lowest BCUT2D eigenvalue weighted by molar-refractivity contribution is 0.151. The molecule has 1 spiro atoms. The van der Waals surface area contributed by atoms with Gasteiger partial charge in [0.15, 0.2) is 0 Å². The molecule has 2 saturated heterocycles. The van der Waals surface area contributed by atoms with Crippen LogP contribution < -0.4 is 10.2 Å². The maximum atomic E-state index is 12.5. The number of anilines is 1. The van der Waals surface area contributed by atoms with Crippen molar-refractivity contribution in [3.8, 4) is 0 Å². The summed E-state index contributed by atoms with van der Waals surface area (Å²) in [6, 6.07) is 6.44. The van der Waals surface area contributed by atoms with E-state index in [2.05, 4.69) is 43.4 Å². The Bertz CT molecular complexity index is 1010. The van der Waals surface area contributed by atoms with Crippen molar-refractivity contribution in [2.45, 2.75) is 31.8 Å². The molecule has 1 N–H and O–H groups in total. The minimum absolute atomic E-state index is 0.0914. The zero-order chi connectivity index (χ0) is 19.1. The van der Waals surface area contributed by atoms with Crippen LogP contribution >= 0.6 is 11.3 Å². The second kappa shape index (κ2) is 6.79. The summed E-state index contributed by atoms with van der Waals surface area (Å²) >= 11 is 1.67. The number of nitrogens with zero attached hydrogens (tertiary/aromatic N) is 5. The summed E-state index contributed by atoms with van der Waals surface area (Å²) in [7, 11) is 0. The van der Waals surface area contributed by atoms with Gasteiger partial charge in [0.1, 0.15) is 0 Å². The van der Waals surface area contributed by atoms with Crippen molar-refractivity contribution < 1.29 is 4.79 Å². The number of likely N-dealkylation sites (tertiary alicyclic amines) is 1. The zero-order valence-electron chi connectivity index (χ0n) is 15.8. The third-order valence-electron chi connectivity index (χ3n) is 5.70. The summed E-state index contributed by atoms with van der Waals surface area (Å²) in [5.74, 6) is 0.485. The van der Waals surface area contributed by atoms with E-state index in [0.29, 0.717) is 12.5 Å². The van der Waals surface area contributed by atoms with E-state index in [9.17, 15) is 4.79 Å². The van der Waals surface area contributed by atoms with Crippen molar-refractivity contribution in [2.75, 3.05) is 24.5 Å². The molecule has 0 atom stereocenters. The predicted molar refractivity (Wildman–Crippen MR) is 110 cm³/mol. The van der Waals surface area contributed by atoms with Crippen molar-refractivity contribution >= 4 is 33.5 Å². The lowest BCUT2D eigenvalue weighted by atomic mass is 9.88. The van der Waals surface area contributed by atoms with Gasteiger partial charge < -0.3 is 5.32 Å². The minimum Gasteiger partial charge on any atom is -0.330 e. The van der Waals surface area contributed by atoms with Gasteiger partial charge in [-0.2, -0.15) is 0 Å². The molecule has 0 radical (unpaired) electrons. The van der Waals surface area contributed by atoms with E-state index in [-0.39, 0.29) is 11.6 Å². The molecule has 2 aromatic heterocycles. The van der Waals surface area contributed by atoms with Crippen LogP contribution in [0.2, 0.25) is 0 Å². The van der Waals surface area contributed by atoms with Gasteiger partial charge in [-0.15, -0.1) is 11.3 Å². The number of fused-ring (bicyclic) bond motifs is 1. The van der Waals surface area contributed by atoms with Gasteiger partial charge in [-0.25, -0.2) is 19.7 Å². The standard InChI is InChI=1S/C20H22N6OS/c1-14-9-21-18(22-10-14)26-12-20(24-19(26)27)4-6-25(7-5-20)11-15-2-3-17-16(8-15)23-13-28-17/h2-3,8-10,13H,4-7,11-12H2,1H3,(H,24,27). The number of thiazole rings is 1. The maximum Gasteiger partial charge on any atom is 0.324 e. The number of amides is 2. The summed E-state index contributed by atoms with van der Waals surface area (Å²) in [5, 5.41) is 3.21. The van der Waals surface area contributed by atoms with Crippen LogP contribution in [0.3, 0.4) is 0 Å². The smallest absolute Gasteiger partial charge is 0.324 e. The number of urea groups is 1. The number of aryl methyl sites for hydroxylation is 1. The van der Waals surface area contributed by atoms with Gasteiger partial charge in [0, 0.05) is 32.0 Å². The average Bonchev–Trinajstić information content (AvgIpc) is 3.29. The number of hydrogen-bond donors (Lipinski definition) is 1. The Labute approximate surface area is 167 Å². The van der Waals surface area contributed by atoms with E-state index in [1.54, 1.807) is 28.6 Å². The Morgan fingerprint density at radius 2 is 1.96 bits per heavy atom. The minimum atomic E-state index is -0.180. The van der Waals surface area contributed by atoms with Crippen molar-refractivity contribution in [1.82, 2.24) is 25.2 Å². The molecule has 2 amide bonds. The molecule has 0 saturated carbocycles. The van der Waals surface area contributed by atoms with Crippen LogP contribution in [0.25, 0.3) is 10.2 Å². The first-order valence-electron chi connectivity index (χ1n) is 9.53. The van der Waals surface area contributed by atoms with Crippen molar-refractivity contribution in [3.05, 3.63) is 47.2 Å². The first-order chi connectivity index (χ1) is 13.6. The Morgan fingerprint density at radius 1 is 1.18 bits per heavy atom. The van der Waals surface area contributed by atoms with Gasteiger partial charge in [-0.1, -0.05) is 6.07 Å². The van der Waals surface area contributed by atoms with Gasteiger partial charge in [0.2, 0.25) is 5.95 Å². The molecule has 3 aromatic rings. The number of carbonyl (C=O) groups excluding carboxylic acids is 1. The number of nitrogens with one attached hydrogen (secondary N) is 1. The van der Waals surface area contributed by atoms with Crippen molar-refractivity contribution in [2.24, 2.45) is 0 Å². The zero-order valence-corrected chi connectivity index (χ0v) is 16.6. The first-order valence-corrected chi connectivity index (χ1v) is 10.4. The van der Waals surface area contributed by atoms with E-state index in [1.165, 1.54) is 10.3 Å². The third-order valence-corrected chi connectivity index (χ3v) is 6.51. The number of aromatic nitrogens is 3. The number of hydrogen-bond acceptors (Lipinski definition) is 6. The van der Waals surface area contributed by atoms with Gasteiger partial charge >= 0.3 is 6.03 Å². The molecule has 28 heavy (non-hydrogen) atoms. The summed E-state index contributed by atoms with van der Waals surface area (Å²) in [4.78, 5) is 29.7. The van der Waals surface area contributed by atoms with Gasteiger partial charge in [0.25, 0.3) is 0 Å². The fourth-order valence-electron chi connectivity index (χ4n) is 4.08. The maximum absolute atomic E-state index is 12.5. The number of benzene rings is 1. The molecule has 2 fully saturated rings. The van der Waals surface area contributed by atoms with Crippen LogP contribution in [0, 0.1) is 6.92 Å². The molecule has 7 nitrogen and oxygen atoms in total. The number of rotatable bonds is 3. The molecule has 4 heterocycles. The molecular weight excluding hydrogens is 372 g/mol. The van der Waals surface area contributed by atoms with Gasteiger partial charge in [0.05, 0.1) is 27.8 Å². The highest BCUT2D eigenvalue weighted by molar-refractivity contribution is 7.16. The number of piperidine rings is 1. The Morgan fingerprint density at radius 3 is 2.75 bits per heavy atom. The monoisotopic (exact) mass is 394 g/mol. The van der Waals surface area contributed by atoms with E-state index >= 15 is 0 Å². The second-order valence-electron chi connectivity index (χ2n) is 7.79. The third kappa shape index (κ3) is 3.22. The quantitative estimate of drug-likeness (QED) is 0.739. The second-order valence-corrected chi connectivity index (χ2v) is 8.67. The topological polar surface area (TPSA) is 74.2 Å². The lowest BCUT2D eigenvalue weighted by Crippen LogP contribution is -2.52. The predicted octanol–water partition coefficient (Wildman–Crippen LogP) is 2.96. The van der Waals surface area contributed by atoms with Gasteiger partial charge in [-0.05, 0) is 43.0 Å². The Hall–Kier alpha value is -2.58. The van der Waals surface area contributed by atoms with Crippen LogP contribution in [0.1, 0.15) is 24.0 Å². The fraction of sp³-hybridized carbons (Fsp3) is 0.400. The van der Waals surface area contributed by atoms with Crippen LogP contribution in [0.5, 0.6) is 0 Å². The fourth-order valence-corrected chi connectivity index (χ4v) is 4.74.